The SMILES string of the molecule is CCCCCCCCCCCCCCCCCOC(=O)CCCCCCCN[C@H]1CCC[C@@H](O)C1. The summed E-state index contributed by atoms with van der Waals surface area (Å²) in [7, 11) is 0. The highest BCUT2D eigenvalue weighted by Crippen LogP contribution is 2.18. The lowest BCUT2D eigenvalue weighted by Crippen LogP contribution is -2.36. The lowest BCUT2D eigenvalue weighted by atomic mass is 9.93. The van der Waals surface area contributed by atoms with Gasteiger partial charge in [-0.05, 0) is 51.5 Å². The van der Waals surface area contributed by atoms with Gasteiger partial charge in [0.1, 0.15) is 0 Å². The van der Waals surface area contributed by atoms with E-state index >= 15 is 0 Å². The molecule has 1 fully saturated rings. The van der Waals surface area contributed by atoms with Gasteiger partial charge in [0, 0.05) is 12.5 Å². The average molecular weight is 496 g/mol. The van der Waals surface area contributed by atoms with Crippen molar-refractivity contribution in [2.45, 2.75) is 180 Å². The maximum Gasteiger partial charge on any atom is 0.305 e. The van der Waals surface area contributed by atoms with Crippen LogP contribution in [0.25, 0.3) is 0 Å². The summed E-state index contributed by atoms with van der Waals surface area (Å²) in [5.74, 6) is -0.00659. The van der Waals surface area contributed by atoms with E-state index in [4.69, 9.17) is 4.74 Å². The average Bonchev–Trinajstić information content (AvgIpc) is 2.85. The van der Waals surface area contributed by atoms with Gasteiger partial charge in [0.2, 0.25) is 0 Å². The molecule has 0 spiro atoms. The summed E-state index contributed by atoms with van der Waals surface area (Å²) in [4.78, 5) is 11.9. The zero-order valence-corrected chi connectivity index (χ0v) is 23.5. The number of aliphatic hydroxyl groups excluding tert-OH is 1. The van der Waals surface area contributed by atoms with Crippen LogP contribution in [-0.4, -0.2) is 36.4 Å². The van der Waals surface area contributed by atoms with Crippen LogP contribution in [0.1, 0.15) is 167 Å². The topological polar surface area (TPSA) is 58.6 Å². The van der Waals surface area contributed by atoms with E-state index in [2.05, 4.69) is 12.2 Å². The van der Waals surface area contributed by atoms with Crippen LogP contribution in [0, 0.1) is 0 Å². The van der Waals surface area contributed by atoms with Crippen LogP contribution in [0.15, 0.2) is 0 Å². The van der Waals surface area contributed by atoms with Gasteiger partial charge in [-0.25, -0.2) is 0 Å². The van der Waals surface area contributed by atoms with Crippen LogP contribution in [0.5, 0.6) is 0 Å². The largest absolute Gasteiger partial charge is 0.466 e. The second-order valence-corrected chi connectivity index (χ2v) is 11.2. The standard InChI is InChI=1S/C31H61NO3/c1-2-3-4-5-6-7-8-9-10-11-12-13-14-18-21-27-35-31(34)25-19-16-15-17-20-26-32-29-23-22-24-30(33)28-29/h29-30,32-33H,2-28H2,1H3/t29-,30+/m0/s1. The third kappa shape index (κ3) is 22.3. The van der Waals surface area contributed by atoms with Gasteiger partial charge in [0.15, 0.2) is 0 Å². The van der Waals surface area contributed by atoms with Gasteiger partial charge < -0.3 is 15.2 Å². The molecule has 0 heterocycles. The molecule has 0 amide bonds. The highest BCUT2D eigenvalue weighted by atomic mass is 16.5. The van der Waals surface area contributed by atoms with Crippen LogP contribution >= 0.6 is 0 Å². The first-order chi connectivity index (χ1) is 17.2. The third-order valence-electron chi connectivity index (χ3n) is 7.65. The van der Waals surface area contributed by atoms with Gasteiger partial charge in [0.05, 0.1) is 12.7 Å². The molecule has 2 atom stereocenters. The maximum atomic E-state index is 11.9. The number of ether oxygens (including phenoxy) is 1. The van der Waals surface area contributed by atoms with Gasteiger partial charge in [-0.1, -0.05) is 116 Å². The van der Waals surface area contributed by atoms with Crippen molar-refractivity contribution in [3.05, 3.63) is 0 Å². The van der Waals surface area contributed by atoms with Gasteiger partial charge in [-0.15, -0.1) is 0 Å². The Kier molecular flexibility index (Phi) is 23.2. The zero-order chi connectivity index (χ0) is 25.2. The molecule has 1 aliphatic carbocycles. The molecule has 0 aliphatic heterocycles. The Bertz CT molecular complexity index is 457. The molecule has 4 nitrogen and oxygen atoms in total. The fraction of sp³-hybridized carbons (Fsp3) is 0.968. The van der Waals surface area contributed by atoms with Crippen molar-refractivity contribution in [2.24, 2.45) is 0 Å². The number of esters is 1. The number of carbonyl (C=O) groups is 1. The first-order valence-corrected chi connectivity index (χ1v) is 15.8. The molecule has 4 heteroatoms. The molecule has 2 N–H and O–H groups in total. The predicted molar refractivity (Wildman–Crippen MR) is 150 cm³/mol. The second kappa shape index (κ2) is 25.1. The number of hydrogen-bond acceptors (Lipinski definition) is 4. The lowest BCUT2D eigenvalue weighted by Gasteiger charge is -2.26. The van der Waals surface area contributed by atoms with Crippen LogP contribution in [0.2, 0.25) is 0 Å². The summed E-state index contributed by atoms with van der Waals surface area (Å²) >= 11 is 0. The summed E-state index contributed by atoms with van der Waals surface area (Å²) in [6.45, 7) is 3.95. The normalized spacial score (nSPS) is 18.1. The van der Waals surface area contributed by atoms with Crippen molar-refractivity contribution in [1.82, 2.24) is 5.32 Å². The maximum absolute atomic E-state index is 11.9. The van der Waals surface area contributed by atoms with Crippen molar-refractivity contribution in [3.63, 3.8) is 0 Å². The molecular weight excluding hydrogens is 434 g/mol. The molecule has 1 saturated carbocycles. The summed E-state index contributed by atoms with van der Waals surface area (Å²) in [6, 6.07) is 0.512. The van der Waals surface area contributed by atoms with Gasteiger partial charge in [0.25, 0.3) is 0 Å². The third-order valence-corrected chi connectivity index (χ3v) is 7.65. The van der Waals surface area contributed by atoms with Gasteiger partial charge in [-0.2, -0.15) is 0 Å². The summed E-state index contributed by atoms with van der Waals surface area (Å²) in [5, 5.41) is 13.3. The number of aliphatic hydroxyl groups is 1. The van der Waals surface area contributed by atoms with Crippen LogP contribution in [0.3, 0.4) is 0 Å². The van der Waals surface area contributed by atoms with Crippen LogP contribution in [-0.2, 0) is 9.53 Å². The highest BCUT2D eigenvalue weighted by molar-refractivity contribution is 5.69. The smallest absolute Gasteiger partial charge is 0.305 e. The molecule has 1 rings (SSSR count). The zero-order valence-electron chi connectivity index (χ0n) is 23.5. The van der Waals surface area contributed by atoms with E-state index in [0.29, 0.717) is 19.1 Å². The molecule has 0 aromatic rings. The Labute approximate surface area is 218 Å². The quantitative estimate of drug-likeness (QED) is 0.0982. The Hall–Kier alpha value is -0.610. The molecule has 35 heavy (non-hydrogen) atoms. The van der Waals surface area contributed by atoms with E-state index in [0.717, 1.165) is 45.1 Å². The molecule has 0 aromatic carbocycles. The monoisotopic (exact) mass is 495 g/mol. The van der Waals surface area contributed by atoms with Gasteiger partial charge >= 0.3 is 5.97 Å². The second-order valence-electron chi connectivity index (χ2n) is 11.2. The minimum absolute atomic E-state index is 0.00659. The molecule has 0 radical (unpaired) electrons. The van der Waals surface area contributed by atoms with Crippen molar-refractivity contribution in [1.29, 1.82) is 0 Å². The number of carbonyl (C=O) groups excluding carboxylic acids is 1. The Morgan fingerprint density at radius 2 is 1.23 bits per heavy atom. The molecule has 0 bridgehead atoms. The summed E-state index contributed by atoms with van der Waals surface area (Å²) < 4.78 is 5.41. The number of unbranched alkanes of at least 4 members (excludes halogenated alkanes) is 18. The van der Waals surface area contributed by atoms with Crippen LogP contribution in [0.4, 0.5) is 0 Å². The van der Waals surface area contributed by atoms with E-state index in [1.165, 1.54) is 116 Å². The van der Waals surface area contributed by atoms with Crippen molar-refractivity contribution in [2.75, 3.05) is 13.2 Å². The predicted octanol–water partition coefficient (Wildman–Crippen LogP) is 8.63. The van der Waals surface area contributed by atoms with E-state index in [1.807, 2.05) is 0 Å². The number of rotatable bonds is 25. The molecule has 0 aromatic heterocycles. The molecule has 208 valence electrons. The Morgan fingerprint density at radius 3 is 1.80 bits per heavy atom. The molecule has 0 saturated heterocycles. The minimum Gasteiger partial charge on any atom is -0.466 e. The van der Waals surface area contributed by atoms with Gasteiger partial charge in [-0.3, -0.25) is 4.79 Å². The minimum atomic E-state index is -0.0970. The first kappa shape index (κ1) is 32.4. The molecule has 0 unspecified atom stereocenters. The lowest BCUT2D eigenvalue weighted by molar-refractivity contribution is -0.143. The number of hydrogen-bond donors (Lipinski definition) is 2. The number of nitrogens with one attached hydrogen (secondary N) is 1. The Balaban J connectivity index is 1.71. The van der Waals surface area contributed by atoms with E-state index in [9.17, 15) is 9.90 Å². The fourth-order valence-corrected chi connectivity index (χ4v) is 5.31. The summed E-state index contributed by atoms with van der Waals surface area (Å²) in [5.41, 5.74) is 0. The fourth-order valence-electron chi connectivity index (χ4n) is 5.31. The van der Waals surface area contributed by atoms with E-state index in [-0.39, 0.29) is 12.1 Å². The highest BCUT2D eigenvalue weighted by Gasteiger charge is 2.18. The van der Waals surface area contributed by atoms with Crippen LogP contribution < -0.4 is 5.32 Å². The van der Waals surface area contributed by atoms with E-state index in [1.54, 1.807) is 0 Å². The van der Waals surface area contributed by atoms with Crippen molar-refractivity contribution < 1.29 is 14.6 Å². The van der Waals surface area contributed by atoms with Crippen molar-refractivity contribution in [3.8, 4) is 0 Å². The Morgan fingerprint density at radius 1 is 0.714 bits per heavy atom. The van der Waals surface area contributed by atoms with E-state index < -0.39 is 0 Å². The summed E-state index contributed by atoms with van der Waals surface area (Å²) in [6.07, 6.45) is 30.8. The molecule has 1 aliphatic rings. The molecular formula is C31H61NO3. The first-order valence-electron chi connectivity index (χ1n) is 15.8. The van der Waals surface area contributed by atoms with Crippen molar-refractivity contribution >= 4 is 5.97 Å².